The normalized spacial score (nSPS) is 11.0. The standard InChI is InChI=1S/C15H15N5O2/c16-7-8-19-14-6-5-12(20(21)22)9-13(14)18-15(19)10-1-3-11(17)4-2-10/h1-6,9H,7-8,16-17H2. The highest BCUT2D eigenvalue weighted by Crippen LogP contribution is 2.27. The fraction of sp³-hybridized carbons (Fsp3) is 0.133. The lowest BCUT2D eigenvalue weighted by atomic mass is 10.2. The van der Waals surface area contributed by atoms with Crippen LogP contribution in [0.1, 0.15) is 0 Å². The SMILES string of the molecule is NCCn1c(-c2ccc(N)cc2)nc2cc([N+](=O)[O-])ccc21. The summed E-state index contributed by atoms with van der Waals surface area (Å²) in [6.07, 6.45) is 0. The van der Waals surface area contributed by atoms with E-state index in [9.17, 15) is 10.1 Å². The molecular formula is C15H15N5O2. The third kappa shape index (κ3) is 2.38. The van der Waals surface area contributed by atoms with Crippen molar-refractivity contribution in [1.29, 1.82) is 0 Å². The fourth-order valence-electron chi connectivity index (χ4n) is 2.44. The number of benzene rings is 2. The summed E-state index contributed by atoms with van der Waals surface area (Å²) in [7, 11) is 0. The number of hydrogen-bond donors (Lipinski definition) is 2. The van der Waals surface area contributed by atoms with Gasteiger partial charge in [0.05, 0.1) is 16.0 Å². The quantitative estimate of drug-likeness (QED) is 0.435. The van der Waals surface area contributed by atoms with Crippen LogP contribution >= 0.6 is 0 Å². The first kappa shape index (κ1) is 14.0. The second kappa shape index (κ2) is 5.45. The summed E-state index contributed by atoms with van der Waals surface area (Å²) in [5, 5.41) is 10.9. The van der Waals surface area contributed by atoms with Gasteiger partial charge in [-0.3, -0.25) is 10.1 Å². The lowest BCUT2D eigenvalue weighted by Gasteiger charge is -2.07. The van der Waals surface area contributed by atoms with Gasteiger partial charge in [-0.25, -0.2) is 4.98 Å². The molecule has 1 heterocycles. The second-order valence-electron chi connectivity index (χ2n) is 4.93. The molecule has 112 valence electrons. The molecule has 0 atom stereocenters. The number of rotatable bonds is 4. The Hall–Kier alpha value is -2.93. The zero-order valence-electron chi connectivity index (χ0n) is 11.8. The molecule has 0 fully saturated rings. The van der Waals surface area contributed by atoms with Gasteiger partial charge in [-0.15, -0.1) is 0 Å². The molecule has 0 amide bonds. The number of fused-ring (bicyclic) bond motifs is 1. The van der Waals surface area contributed by atoms with E-state index in [1.54, 1.807) is 18.2 Å². The van der Waals surface area contributed by atoms with Crippen molar-refractivity contribution in [3.05, 3.63) is 52.6 Å². The van der Waals surface area contributed by atoms with E-state index in [2.05, 4.69) is 4.98 Å². The van der Waals surface area contributed by atoms with Gasteiger partial charge in [0, 0.05) is 36.5 Å². The van der Waals surface area contributed by atoms with Crippen LogP contribution in [0.2, 0.25) is 0 Å². The lowest BCUT2D eigenvalue weighted by Crippen LogP contribution is -2.10. The zero-order valence-corrected chi connectivity index (χ0v) is 11.8. The smallest absolute Gasteiger partial charge is 0.271 e. The largest absolute Gasteiger partial charge is 0.399 e. The van der Waals surface area contributed by atoms with Crippen molar-refractivity contribution in [2.45, 2.75) is 6.54 Å². The molecule has 0 aliphatic heterocycles. The Morgan fingerprint density at radius 2 is 1.91 bits per heavy atom. The van der Waals surface area contributed by atoms with E-state index in [0.29, 0.717) is 24.3 Å². The van der Waals surface area contributed by atoms with Gasteiger partial charge in [0.2, 0.25) is 0 Å². The van der Waals surface area contributed by atoms with Gasteiger partial charge in [-0.05, 0) is 30.3 Å². The maximum absolute atomic E-state index is 10.9. The molecule has 2 aromatic carbocycles. The molecule has 3 aromatic rings. The summed E-state index contributed by atoms with van der Waals surface area (Å²) in [4.78, 5) is 15.0. The first-order valence-corrected chi connectivity index (χ1v) is 6.81. The van der Waals surface area contributed by atoms with Gasteiger partial charge in [0.15, 0.2) is 0 Å². The second-order valence-corrected chi connectivity index (χ2v) is 4.93. The highest BCUT2D eigenvalue weighted by atomic mass is 16.6. The van der Waals surface area contributed by atoms with Crippen molar-refractivity contribution < 1.29 is 4.92 Å². The summed E-state index contributed by atoms with van der Waals surface area (Å²) in [5.41, 5.74) is 14.4. The summed E-state index contributed by atoms with van der Waals surface area (Å²) in [6.45, 7) is 1.03. The van der Waals surface area contributed by atoms with Crippen molar-refractivity contribution >= 4 is 22.4 Å². The van der Waals surface area contributed by atoms with Crippen LogP contribution in [0.15, 0.2) is 42.5 Å². The molecule has 0 unspecified atom stereocenters. The van der Waals surface area contributed by atoms with Crippen LogP contribution in [0.25, 0.3) is 22.4 Å². The van der Waals surface area contributed by atoms with Crippen molar-refractivity contribution in [3.63, 3.8) is 0 Å². The molecule has 7 nitrogen and oxygen atoms in total. The lowest BCUT2D eigenvalue weighted by molar-refractivity contribution is -0.384. The predicted molar refractivity (Wildman–Crippen MR) is 85.3 cm³/mol. The molecule has 7 heteroatoms. The van der Waals surface area contributed by atoms with Gasteiger partial charge < -0.3 is 16.0 Å². The Kier molecular flexibility index (Phi) is 3.48. The number of nitrogens with zero attached hydrogens (tertiary/aromatic N) is 3. The van der Waals surface area contributed by atoms with Gasteiger partial charge in [-0.1, -0.05) is 0 Å². The molecule has 0 radical (unpaired) electrons. The Morgan fingerprint density at radius 1 is 1.18 bits per heavy atom. The number of aromatic nitrogens is 2. The molecule has 0 saturated heterocycles. The third-order valence-electron chi connectivity index (χ3n) is 3.46. The molecule has 0 saturated carbocycles. The van der Waals surface area contributed by atoms with E-state index >= 15 is 0 Å². The highest BCUT2D eigenvalue weighted by molar-refractivity contribution is 5.82. The van der Waals surface area contributed by atoms with Gasteiger partial charge in [-0.2, -0.15) is 0 Å². The molecular weight excluding hydrogens is 282 g/mol. The predicted octanol–water partition coefficient (Wildman–Crippen LogP) is 2.15. The molecule has 0 spiro atoms. The first-order valence-electron chi connectivity index (χ1n) is 6.81. The molecule has 0 aliphatic rings. The van der Waals surface area contributed by atoms with E-state index in [1.165, 1.54) is 12.1 Å². The number of imidazole rings is 1. The number of hydrogen-bond acceptors (Lipinski definition) is 5. The summed E-state index contributed by atoms with van der Waals surface area (Å²) < 4.78 is 1.96. The maximum Gasteiger partial charge on any atom is 0.271 e. The van der Waals surface area contributed by atoms with Crippen molar-refractivity contribution in [2.24, 2.45) is 5.73 Å². The Balaban J connectivity index is 2.21. The fourth-order valence-corrected chi connectivity index (χ4v) is 2.44. The van der Waals surface area contributed by atoms with Crippen LogP contribution in [-0.2, 0) is 6.54 Å². The number of nitro groups is 1. The van der Waals surface area contributed by atoms with Crippen LogP contribution in [0.5, 0.6) is 0 Å². The minimum atomic E-state index is -0.426. The van der Waals surface area contributed by atoms with Gasteiger partial charge in [0.25, 0.3) is 5.69 Å². The third-order valence-corrected chi connectivity index (χ3v) is 3.46. The number of nitrogen functional groups attached to an aromatic ring is 1. The molecule has 3 rings (SSSR count). The zero-order chi connectivity index (χ0) is 15.7. The summed E-state index contributed by atoms with van der Waals surface area (Å²) >= 11 is 0. The van der Waals surface area contributed by atoms with E-state index in [1.807, 2.05) is 16.7 Å². The molecule has 22 heavy (non-hydrogen) atoms. The minimum Gasteiger partial charge on any atom is -0.399 e. The van der Waals surface area contributed by atoms with Crippen LogP contribution in [0, 0.1) is 10.1 Å². The van der Waals surface area contributed by atoms with E-state index in [-0.39, 0.29) is 5.69 Å². The van der Waals surface area contributed by atoms with Crippen LogP contribution in [-0.4, -0.2) is 21.0 Å². The molecule has 0 aliphatic carbocycles. The minimum absolute atomic E-state index is 0.0220. The van der Waals surface area contributed by atoms with Crippen LogP contribution in [0.4, 0.5) is 11.4 Å². The monoisotopic (exact) mass is 297 g/mol. The number of nitrogens with two attached hydrogens (primary N) is 2. The topological polar surface area (TPSA) is 113 Å². The average Bonchev–Trinajstić information content (AvgIpc) is 2.86. The Morgan fingerprint density at radius 3 is 2.55 bits per heavy atom. The Bertz CT molecular complexity index is 839. The maximum atomic E-state index is 10.9. The van der Waals surface area contributed by atoms with Crippen molar-refractivity contribution in [3.8, 4) is 11.4 Å². The molecule has 0 bridgehead atoms. The first-order chi connectivity index (χ1) is 10.6. The molecule has 1 aromatic heterocycles. The number of anilines is 1. The average molecular weight is 297 g/mol. The summed E-state index contributed by atoms with van der Waals surface area (Å²) in [5.74, 6) is 0.723. The highest BCUT2D eigenvalue weighted by Gasteiger charge is 2.15. The van der Waals surface area contributed by atoms with E-state index < -0.39 is 4.92 Å². The van der Waals surface area contributed by atoms with Gasteiger partial charge >= 0.3 is 0 Å². The van der Waals surface area contributed by atoms with Crippen LogP contribution < -0.4 is 11.5 Å². The van der Waals surface area contributed by atoms with E-state index in [4.69, 9.17) is 11.5 Å². The van der Waals surface area contributed by atoms with E-state index in [0.717, 1.165) is 16.9 Å². The van der Waals surface area contributed by atoms with Crippen LogP contribution in [0.3, 0.4) is 0 Å². The number of non-ortho nitro benzene ring substituents is 1. The van der Waals surface area contributed by atoms with Crippen molar-refractivity contribution in [1.82, 2.24) is 9.55 Å². The molecule has 4 N–H and O–H groups in total. The van der Waals surface area contributed by atoms with Crippen molar-refractivity contribution in [2.75, 3.05) is 12.3 Å². The Labute approximate surface area is 126 Å². The summed E-state index contributed by atoms with van der Waals surface area (Å²) in [6, 6.07) is 12.0. The number of nitro benzene ring substituents is 1. The van der Waals surface area contributed by atoms with Gasteiger partial charge in [0.1, 0.15) is 5.82 Å².